The molecule has 1 aromatic carbocycles. The molecule has 1 unspecified atom stereocenters. The van der Waals surface area contributed by atoms with Gasteiger partial charge in [0.05, 0.1) is 5.02 Å². The lowest BCUT2D eigenvalue weighted by Gasteiger charge is -2.05. The Balaban J connectivity index is 1.66. The summed E-state index contributed by atoms with van der Waals surface area (Å²) < 4.78 is 1.28. The molecular formula is C15H18ClNS. The molecular weight excluding hydrogens is 262 g/mol. The molecule has 1 atom stereocenters. The van der Waals surface area contributed by atoms with E-state index in [9.17, 15) is 0 Å². The second kappa shape index (κ2) is 4.52. The van der Waals surface area contributed by atoms with Gasteiger partial charge < -0.3 is 5.32 Å². The molecule has 0 amide bonds. The van der Waals surface area contributed by atoms with E-state index in [0.717, 1.165) is 24.0 Å². The zero-order valence-electron chi connectivity index (χ0n) is 10.8. The van der Waals surface area contributed by atoms with Crippen molar-refractivity contribution in [2.75, 3.05) is 6.54 Å². The molecule has 96 valence electrons. The van der Waals surface area contributed by atoms with Crippen molar-refractivity contribution in [3.63, 3.8) is 0 Å². The second-order valence-corrected chi connectivity index (χ2v) is 7.37. The summed E-state index contributed by atoms with van der Waals surface area (Å²) in [5.74, 6) is 0.839. The van der Waals surface area contributed by atoms with Crippen molar-refractivity contribution in [2.24, 2.45) is 11.3 Å². The van der Waals surface area contributed by atoms with Crippen LogP contribution in [-0.2, 0) is 6.54 Å². The van der Waals surface area contributed by atoms with Crippen LogP contribution in [0.4, 0.5) is 0 Å². The molecule has 0 spiro atoms. The average Bonchev–Trinajstić information content (AvgIpc) is 2.81. The van der Waals surface area contributed by atoms with Crippen LogP contribution in [0.2, 0.25) is 5.02 Å². The van der Waals surface area contributed by atoms with Gasteiger partial charge in [0.1, 0.15) is 0 Å². The predicted octanol–water partition coefficient (Wildman–Crippen LogP) is 4.69. The van der Waals surface area contributed by atoms with Crippen LogP contribution in [-0.4, -0.2) is 6.54 Å². The Morgan fingerprint density at radius 2 is 2.11 bits per heavy atom. The molecule has 0 radical (unpaired) electrons. The first-order valence-electron chi connectivity index (χ1n) is 6.44. The zero-order chi connectivity index (χ0) is 12.8. The third-order valence-corrected chi connectivity index (χ3v) is 5.71. The normalized spacial score (nSPS) is 21.4. The summed E-state index contributed by atoms with van der Waals surface area (Å²) in [7, 11) is 0. The van der Waals surface area contributed by atoms with Crippen LogP contribution in [0.5, 0.6) is 0 Å². The smallest absolute Gasteiger partial charge is 0.0636 e. The number of nitrogens with one attached hydrogen (secondary N) is 1. The van der Waals surface area contributed by atoms with Crippen molar-refractivity contribution in [3.05, 3.63) is 34.2 Å². The van der Waals surface area contributed by atoms with Crippen LogP contribution in [0.1, 0.15) is 25.1 Å². The Labute approximate surface area is 117 Å². The molecule has 1 fully saturated rings. The molecule has 1 N–H and O–H groups in total. The fourth-order valence-electron chi connectivity index (χ4n) is 2.46. The monoisotopic (exact) mass is 279 g/mol. The Morgan fingerprint density at radius 3 is 2.78 bits per heavy atom. The summed E-state index contributed by atoms with van der Waals surface area (Å²) in [6.07, 6.45) is 1.35. The summed E-state index contributed by atoms with van der Waals surface area (Å²) in [5, 5.41) is 5.66. The highest BCUT2D eigenvalue weighted by Crippen LogP contribution is 2.51. The Hall–Kier alpha value is -0.570. The number of halogens is 1. The minimum absolute atomic E-state index is 0.553. The molecule has 1 heterocycles. The fourth-order valence-corrected chi connectivity index (χ4v) is 3.93. The molecule has 0 bridgehead atoms. The lowest BCUT2D eigenvalue weighted by Crippen LogP contribution is -2.17. The lowest BCUT2D eigenvalue weighted by molar-refractivity contribution is 0.521. The van der Waals surface area contributed by atoms with E-state index in [4.69, 9.17) is 11.6 Å². The number of thiophene rings is 1. The highest BCUT2D eigenvalue weighted by molar-refractivity contribution is 7.19. The first-order chi connectivity index (χ1) is 8.58. The summed E-state index contributed by atoms with van der Waals surface area (Å²) in [6.45, 7) is 6.68. The van der Waals surface area contributed by atoms with Gasteiger partial charge in [0.2, 0.25) is 0 Å². The van der Waals surface area contributed by atoms with Crippen molar-refractivity contribution >= 4 is 33.0 Å². The van der Waals surface area contributed by atoms with Crippen LogP contribution >= 0.6 is 22.9 Å². The molecule has 18 heavy (non-hydrogen) atoms. The minimum atomic E-state index is 0.553. The van der Waals surface area contributed by atoms with Gasteiger partial charge in [-0.15, -0.1) is 11.3 Å². The van der Waals surface area contributed by atoms with E-state index >= 15 is 0 Å². The van der Waals surface area contributed by atoms with Gasteiger partial charge in [0.15, 0.2) is 0 Å². The van der Waals surface area contributed by atoms with E-state index < -0.39 is 0 Å². The van der Waals surface area contributed by atoms with E-state index in [2.05, 4.69) is 37.4 Å². The maximum atomic E-state index is 6.41. The van der Waals surface area contributed by atoms with E-state index in [1.807, 2.05) is 6.07 Å². The number of fused-ring (bicyclic) bond motifs is 1. The third-order valence-electron chi connectivity index (χ3n) is 4.00. The molecule has 1 nitrogen and oxygen atoms in total. The SMILES string of the molecule is CC1(C)CC1CNCc1sc2ccccc2c1Cl. The molecule has 1 saturated carbocycles. The lowest BCUT2D eigenvalue weighted by atomic mass is 10.1. The van der Waals surface area contributed by atoms with Gasteiger partial charge in [0.25, 0.3) is 0 Å². The summed E-state index contributed by atoms with van der Waals surface area (Å²) in [5.41, 5.74) is 0.553. The summed E-state index contributed by atoms with van der Waals surface area (Å²) in [6, 6.07) is 8.35. The number of benzene rings is 1. The standard InChI is InChI=1S/C15H18ClNS/c1-15(2)7-10(15)8-17-9-13-14(16)11-5-3-4-6-12(11)18-13/h3-6,10,17H,7-9H2,1-2H3. The van der Waals surface area contributed by atoms with E-state index in [1.54, 1.807) is 11.3 Å². The second-order valence-electron chi connectivity index (χ2n) is 5.86. The van der Waals surface area contributed by atoms with Crippen LogP contribution in [0.3, 0.4) is 0 Å². The summed E-state index contributed by atoms with van der Waals surface area (Å²) >= 11 is 8.22. The van der Waals surface area contributed by atoms with E-state index in [0.29, 0.717) is 5.41 Å². The van der Waals surface area contributed by atoms with Crippen molar-refractivity contribution in [1.29, 1.82) is 0 Å². The molecule has 0 aliphatic heterocycles. The van der Waals surface area contributed by atoms with Crippen LogP contribution < -0.4 is 5.32 Å². The average molecular weight is 280 g/mol. The van der Waals surface area contributed by atoms with Gasteiger partial charge in [-0.05, 0) is 30.4 Å². The van der Waals surface area contributed by atoms with Gasteiger partial charge in [-0.2, -0.15) is 0 Å². The first-order valence-corrected chi connectivity index (χ1v) is 7.64. The number of hydrogen-bond donors (Lipinski definition) is 1. The molecule has 1 aliphatic rings. The van der Waals surface area contributed by atoms with Gasteiger partial charge >= 0.3 is 0 Å². The molecule has 2 aromatic rings. The largest absolute Gasteiger partial charge is 0.312 e. The van der Waals surface area contributed by atoms with Gasteiger partial charge in [-0.3, -0.25) is 0 Å². The third kappa shape index (κ3) is 2.29. The number of hydrogen-bond acceptors (Lipinski definition) is 2. The molecule has 0 saturated heterocycles. The van der Waals surface area contributed by atoms with Gasteiger partial charge in [0, 0.05) is 21.5 Å². The summed E-state index contributed by atoms with van der Waals surface area (Å²) in [4.78, 5) is 1.26. The van der Waals surface area contributed by atoms with Crippen molar-refractivity contribution in [2.45, 2.75) is 26.8 Å². The Bertz CT molecular complexity index is 573. The molecule has 1 aliphatic carbocycles. The predicted molar refractivity (Wildman–Crippen MR) is 80.4 cm³/mol. The van der Waals surface area contributed by atoms with Crippen molar-refractivity contribution in [1.82, 2.24) is 5.32 Å². The van der Waals surface area contributed by atoms with E-state index in [-0.39, 0.29) is 0 Å². The maximum absolute atomic E-state index is 6.41. The highest BCUT2D eigenvalue weighted by atomic mass is 35.5. The first kappa shape index (κ1) is 12.5. The van der Waals surface area contributed by atoms with Crippen LogP contribution in [0.15, 0.2) is 24.3 Å². The molecule has 3 rings (SSSR count). The fraction of sp³-hybridized carbons (Fsp3) is 0.467. The van der Waals surface area contributed by atoms with Gasteiger partial charge in [-0.25, -0.2) is 0 Å². The van der Waals surface area contributed by atoms with Crippen molar-refractivity contribution < 1.29 is 0 Å². The molecule has 3 heteroatoms. The zero-order valence-corrected chi connectivity index (χ0v) is 12.4. The van der Waals surface area contributed by atoms with E-state index in [1.165, 1.54) is 21.4 Å². The Morgan fingerprint density at radius 1 is 1.39 bits per heavy atom. The maximum Gasteiger partial charge on any atom is 0.0636 e. The van der Waals surface area contributed by atoms with Crippen LogP contribution in [0, 0.1) is 11.3 Å². The Kier molecular flexibility index (Phi) is 3.13. The quantitative estimate of drug-likeness (QED) is 0.856. The van der Waals surface area contributed by atoms with Crippen molar-refractivity contribution in [3.8, 4) is 0 Å². The van der Waals surface area contributed by atoms with Crippen LogP contribution in [0.25, 0.3) is 10.1 Å². The number of rotatable bonds is 4. The topological polar surface area (TPSA) is 12.0 Å². The minimum Gasteiger partial charge on any atom is -0.312 e. The molecule has 1 aromatic heterocycles. The highest BCUT2D eigenvalue weighted by Gasteiger charge is 2.44. The van der Waals surface area contributed by atoms with Gasteiger partial charge in [-0.1, -0.05) is 43.6 Å².